The van der Waals surface area contributed by atoms with Crippen molar-refractivity contribution in [3.05, 3.63) is 24.3 Å². The highest BCUT2D eigenvalue weighted by Gasteiger charge is 2.28. The van der Waals surface area contributed by atoms with Crippen LogP contribution in [0.4, 0.5) is 10.5 Å². The number of carbonyl (C=O) groups is 2. The minimum Gasteiger partial charge on any atom is -0.449 e. The summed E-state index contributed by atoms with van der Waals surface area (Å²) in [5.74, 6) is 0.123. The Morgan fingerprint density at radius 1 is 0.912 bits per heavy atom. The molecule has 2 heterocycles. The van der Waals surface area contributed by atoms with E-state index >= 15 is 0 Å². The Morgan fingerprint density at radius 3 is 2.24 bits per heavy atom. The number of nitrogens with one attached hydrogen (secondary N) is 1. The third kappa shape index (κ3) is 6.93. The molecule has 0 saturated carbocycles. The number of hydrogen-bond donors (Lipinski definition) is 1. The summed E-state index contributed by atoms with van der Waals surface area (Å²) in [6.45, 7) is 9.76. The monoisotopic (exact) mass is 494 g/mol. The van der Waals surface area contributed by atoms with Crippen molar-refractivity contribution >= 4 is 27.7 Å². The molecule has 0 spiro atoms. The smallest absolute Gasteiger partial charge is 0.409 e. The molecule has 0 aliphatic carbocycles. The molecule has 0 bridgehead atoms. The van der Waals surface area contributed by atoms with Gasteiger partial charge in [0, 0.05) is 45.0 Å². The van der Waals surface area contributed by atoms with Crippen LogP contribution in [0.25, 0.3) is 0 Å². The lowest BCUT2D eigenvalue weighted by molar-refractivity contribution is -0.120. The predicted molar refractivity (Wildman–Crippen MR) is 131 cm³/mol. The van der Waals surface area contributed by atoms with Gasteiger partial charge in [0.25, 0.3) is 0 Å². The molecule has 1 N–H and O–H groups in total. The molecule has 0 aromatic heterocycles. The van der Waals surface area contributed by atoms with Crippen molar-refractivity contribution < 1.29 is 22.7 Å². The second-order valence-corrected chi connectivity index (χ2v) is 11.4. The van der Waals surface area contributed by atoms with Gasteiger partial charge < -0.3 is 15.0 Å². The van der Waals surface area contributed by atoms with Gasteiger partial charge in [-0.25, -0.2) is 13.2 Å². The van der Waals surface area contributed by atoms with Gasteiger partial charge in [-0.15, -0.1) is 0 Å². The van der Waals surface area contributed by atoms with Gasteiger partial charge >= 0.3 is 6.09 Å². The number of benzene rings is 1. The quantitative estimate of drug-likeness (QED) is 0.626. The van der Waals surface area contributed by atoms with Crippen molar-refractivity contribution in [3.8, 4) is 0 Å². The zero-order chi connectivity index (χ0) is 24.7. The standard InChI is InChI=1S/C24H38N4O5S/c1-19(2)18-33-24(30)27-13-7-12-26(16-17-27)20(3)23(29)25-21-8-10-22(11-9-21)34(31,32)28-14-5-4-6-15-28/h8-11,19-20H,4-7,12-18H2,1-3H3,(H,25,29). The normalized spacial score (nSPS) is 19.5. The lowest BCUT2D eigenvalue weighted by Crippen LogP contribution is -2.44. The van der Waals surface area contributed by atoms with Crippen molar-refractivity contribution in [2.45, 2.75) is 57.4 Å². The van der Waals surface area contributed by atoms with Gasteiger partial charge in [-0.3, -0.25) is 9.69 Å². The summed E-state index contributed by atoms with van der Waals surface area (Å²) >= 11 is 0. The van der Waals surface area contributed by atoms with Gasteiger partial charge in [0.2, 0.25) is 15.9 Å². The lowest BCUT2D eigenvalue weighted by Gasteiger charge is -2.27. The van der Waals surface area contributed by atoms with E-state index in [4.69, 9.17) is 4.74 Å². The van der Waals surface area contributed by atoms with Crippen LogP contribution >= 0.6 is 0 Å². The Hall–Kier alpha value is -2.17. The molecule has 34 heavy (non-hydrogen) atoms. The molecule has 2 fully saturated rings. The van der Waals surface area contributed by atoms with Gasteiger partial charge in [-0.05, 0) is 56.4 Å². The van der Waals surface area contributed by atoms with Crippen LogP contribution in [0.2, 0.25) is 0 Å². The van der Waals surface area contributed by atoms with E-state index in [-0.39, 0.29) is 28.9 Å². The maximum absolute atomic E-state index is 12.9. The summed E-state index contributed by atoms with van der Waals surface area (Å²) < 4.78 is 32.5. The summed E-state index contributed by atoms with van der Waals surface area (Å²) in [7, 11) is -3.50. The molecule has 2 saturated heterocycles. The maximum atomic E-state index is 12.9. The number of hydrogen-bond acceptors (Lipinski definition) is 6. The molecule has 2 aliphatic rings. The first-order valence-electron chi connectivity index (χ1n) is 12.3. The van der Waals surface area contributed by atoms with Crippen LogP contribution in [-0.2, 0) is 19.6 Å². The van der Waals surface area contributed by atoms with Crippen LogP contribution < -0.4 is 5.32 Å². The number of anilines is 1. The molecule has 1 atom stereocenters. The zero-order valence-electron chi connectivity index (χ0n) is 20.5. The number of sulfonamides is 1. The highest BCUT2D eigenvalue weighted by Crippen LogP contribution is 2.22. The largest absolute Gasteiger partial charge is 0.449 e. The number of carbonyl (C=O) groups excluding carboxylic acids is 2. The summed E-state index contributed by atoms with van der Waals surface area (Å²) in [6.07, 6.45) is 3.30. The fourth-order valence-corrected chi connectivity index (χ4v) is 5.73. The van der Waals surface area contributed by atoms with Crippen LogP contribution in [0.1, 0.15) is 46.5 Å². The Kier molecular flexibility index (Phi) is 9.32. The Balaban J connectivity index is 1.53. The molecule has 2 aliphatic heterocycles. The van der Waals surface area contributed by atoms with E-state index < -0.39 is 10.0 Å². The van der Waals surface area contributed by atoms with Crippen LogP contribution in [0.5, 0.6) is 0 Å². The first kappa shape index (κ1) is 26.4. The SMILES string of the molecule is CC(C)COC(=O)N1CCCN(C(C)C(=O)Nc2ccc(S(=O)(=O)N3CCCCC3)cc2)CC1. The highest BCUT2D eigenvalue weighted by atomic mass is 32.2. The van der Waals surface area contributed by atoms with Gasteiger partial charge in [0.15, 0.2) is 0 Å². The van der Waals surface area contributed by atoms with Gasteiger partial charge in [0.1, 0.15) is 0 Å². The van der Waals surface area contributed by atoms with E-state index in [0.29, 0.717) is 51.6 Å². The molecule has 1 aromatic carbocycles. The van der Waals surface area contributed by atoms with Gasteiger partial charge in [0.05, 0.1) is 17.5 Å². The fourth-order valence-electron chi connectivity index (χ4n) is 4.21. The lowest BCUT2D eigenvalue weighted by atomic mass is 10.2. The number of rotatable bonds is 7. The maximum Gasteiger partial charge on any atom is 0.409 e. The summed E-state index contributed by atoms with van der Waals surface area (Å²) in [5, 5.41) is 2.89. The van der Waals surface area contributed by atoms with Gasteiger partial charge in [-0.2, -0.15) is 4.31 Å². The molecular formula is C24H38N4O5S. The van der Waals surface area contributed by atoms with E-state index in [1.807, 2.05) is 20.8 Å². The second kappa shape index (κ2) is 12.0. The molecule has 2 amide bonds. The minimum absolute atomic E-state index is 0.164. The van der Waals surface area contributed by atoms with Crippen molar-refractivity contribution in [1.82, 2.24) is 14.1 Å². The van der Waals surface area contributed by atoms with Crippen LogP contribution in [0.3, 0.4) is 0 Å². The van der Waals surface area contributed by atoms with Crippen LogP contribution in [0, 0.1) is 5.92 Å². The average Bonchev–Trinajstić information content (AvgIpc) is 3.09. The third-order valence-corrected chi connectivity index (χ3v) is 8.24. The topological polar surface area (TPSA) is 99.3 Å². The highest BCUT2D eigenvalue weighted by molar-refractivity contribution is 7.89. The van der Waals surface area contributed by atoms with E-state index in [1.165, 1.54) is 4.31 Å². The summed E-state index contributed by atoms with van der Waals surface area (Å²) in [4.78, 5) is 29.1. The van der Waals surface area contributed by atoms with Crippen molar-refractivity contribution in [3.63, 3.8) is 0 Å². The van der Waals surface area contributed by atoms with E-state index in [0.717, 1.165) is 25.7 Å². The second-order valence-electron chi connectivity index (χ2n) is 9.50. The first-order chi connectivity index (χ1) is 16.2. The van der Waals surface area contributed by atoms with Crippen molar-refractivity contribution in [1.29, 1.82) is 0 Å². The van der Waals surface area contributed by atoms with E-state index in [9.17, 15) is 18.0 Å². The fraction of sp³-hybridized carbons (Fsp3) is 0.667. The van der Waals surface area contributed by atoms with Gasteiger partial charge in [-0.1, -0.05) is 20.3 Å². The first-order valence-corrected chi connectivity index (χ1v) is 13.7. The molecule has 190 valence electrons. The Labute approximate surface area is 203 Å². The average molecular weight is 495 g/mol. The molecule has 3 rings (SSSR count). The molecule has 0 radical (unpaired) electrons. The molecule has 1 aromatic rings. The number of nitrogens with zero attached hydrogens (tertiary/aromatic N) is 3. The third-order valence-electron chi connectivity index (χ3n) is 6.33. The van der Waals surface area contributed by atoms with Crippen LogP contribution in [0.15, 0.2) is 29.2 Å². The summed E-state index contributed by atoms with van der Waals surface area (Å²) in [6, 6.07) is 5.99. The van der Waals surface area contributed by atoms with E-state index in [2.05, 4.69) is 10.2 Å². The van der Waals surface area contributed by atoms with Crippen molar-refractivity contribution in [2.75, 3.05) is 51.2 Å². The zero-order valence-corrected chi connectivity index (χ0v) is 21.3. The molecular weight excluding hydrogens is 456 g/mol. The van der Waals surface area contributed by atoms with E-state index in [1.54, 1.807) is 29.2 Å². The molecule has 1 unspecified atom stereocenters. The molecule has 10 heteroatoms. The Bertz CT molecular complexity index is 929. The Morgan fingerprint density at radius 2 is 1.59 bits per heavy atom. The van der Waals surface area contributed by atoms with Crippen LogP contribution in [-0.4, -0.2) is 86.4 Å². The predicted octanol–water partition coefficient (Wildman–Crippen LogP) is 2.99. The van der Waals surface area contributed by atoms with Crippen molar-refractivity contribution in [2.24, 2.45) is 5.92 Å². The number of ether oxygens (including phenoxy) is 1. The number of amides is 2. The molecule has 9 nitrogen and oxygen atoms in total. The number of piperidine rings is 1. The minimum atomic E-state index is -3.50. The summed E-state index contributed by atoms with van der Waals surface area (Å²) in [5.41, 5.74) is 0.558.